The standard InChI is InChI=1S/C30H36N6O2/c1-34-14-11-30(12-15-34)25-17-24(38-2)8-9-26(25)36(29(30)37)20-23-16-22-19-32-27(18-31)33-28(22)35(23)13-10-21-6-4-3-5-7-21/h8-9,16-17,19,21H,3-7,10-15,20H2,1-2H3. The van der Waals surface area contributed by atoms with E-state index in [1.165, 1.54) is 32.1 Å². The molecule has 1 spiro atoms. The minimum absolute atomic E-state index is 0.182. The van der Waals surface area contributed by atoms with Gasteiger partial charge in [-0.3, -0.25) is 4.79 Å². The number of amides is 1. The summed E-state index contributed by atoms with van der Waals surface area (Å²) < 4.78 is 7.81. The number of likely N-dealkylation sites (tertiary alicyclic amines) is 1. The van der Waals surface area contributed by atoms with Crippen molar-refractivity contribution in [2.75, 3.05) is 32.1 Å². The second-order valence-electron chi connectivity index (χ2n) is 11.3. The van der Waals surface area contributed by atoms with Crippen molar-refractivity contribution < 1.29 is 9.53 Å². The second kappa shape index (κ2) is 10.0. The molecule has 8 heteroatoms. The third kappa shape index (κ3) is 4.23. The number of hydrogen-bond acceptors (Lipinski definition) is 6. The number of aromatic nitrogens is 3. The SMILES string of the molecule is COc1ccc2c(c1)C1(CCN(C)CC1)C(=O)N2Cc1cc2cnc(C#N)nc2n1CCC1CCCCC1. The number of fused-ring (bicyclic) bond motifs is 3. The highest BCUT2D eigenvalue weighted by Crippen LogP contribution is 2.49. The van der Waals surface area contributed by atoms with Crippen LogP contribution < -0.4 is 9.64 Å². The van der Waals surface area contributed by atoms with Crippen LogP contribution in [0.5, 0.6) is 5.75 Å². The van der Waals surface area contributed by atoms with E-state index in [9.17, 15) is 10.1 Å². The zero-order valence-corrected chi connectivity index (χ0v) is 22.4. The monoisotopic (exact) mass is 512 g/mol. The molecule has 3 aromatic rings. The van der Waals surface area contributed by atoms with E-state index in [0.29, 0.717) is 6.54 Å². The summed E-state index contributed by atoms with van der Waals surface area (Å²) in [6, 6.07) is 10.3. The fourth-order valence-corrected chi connectivity index (χ4v) is 6.86. The Bertz CT molecular complexity index is 1390. The molecule has 198 valence electrons. The summed E-state index contributed by atoms with van der Waals surface area (Å²) in [6.45, 7) is 3.09. The van der Waals surface area contributed by atoms with E-state index in [1.54, 1.807) is 13.3 Å². The number of benzene rings is 1. The molecule has 3 aliphatic rings. The van der Waals surface area contributed by atoms with Crippen LogP contribution in [0.4, 0.5) is 5.69 Å². The van der Waals surface area contributed by atoms with Gasteiger partial charge in [0.1, 0.15) is 17.5 Å². The number of ether oxygens (including phenoxy) is 1. The van der Waals surface area contributed by atoms with Crippen molar-refractivity contribution in [1.82, 2.24) is 19.4 Å². The van der Waals surface area contributed by atoms with Crippen LogP contribution in [0.25, 0.3) is 11.0 Å². The van der Waals surface area contributed by atoms with Crippen molar-refractivity contribution in [1.29, 1.82) is 5.26 Å². The first-order chi connectivity index (χ1) is 18.5. The van der Waals surface area contributed by atoms with E-state index in [4.69, 9.17) is 4.74 Å². The largest absolute Gasteiger partial charge is 0.497 e. The van der Waals surface area contributed by atoms with Crippen molar-refractivity contribution in [2.45, 2.75) is 69.9 Å². The quantitative estimate of drug-likeness (QED) is 0.472. The molecule has 38 heavy (non-hydrogen) atoms. The minimum Gasteiger partial charge on any atom is -0.497 e. The molecule has 4 heterocycles. The molecule has 0 atom stereocenters. The highest BCUT2D eigenvalue weighted by atomic mass is 16.5. The maximum Gasteiger partial charge on any atom is 0.238 e. The first-order valence-electron chi connectivity index (χ1n) is 14.0. The van der Waals surface area contributed by atoms with Crippen LogP contribution in [0.15, 0.2) is 30.5 Å². The highest BCUT2D eigenvalue weighted by molar-refractivity contribution is 6.08. The van der Waals surface area contributed by atoms with Crippen LogP contribution in [0.1, 0.15) is 68.4 Å². The number of aryl methyl sites for hydroxylation is 1. The van der Waals surface area contributed by atoms with Gasteiger partial charge in [-0.15, -0.1) is 0 Å². The Balaban J connectivity index is 1.38. The summed E-state index contributed by atoms with van der Waals surface area (Å²) in [6.07, 6.45) is 11.0. The van der Waals surface area contributed by atoms with Gasteiger partial charge in [0.25, 0.3) is 0 Å². The number of carbonyl (C=O) groups is 1. The van der Waals surface area contributed by atoms with Crippen LogP contribution in [0.3, 0.4) is 0 Å². The van der Waals surface area contributed by atoms with Gasteiger partial charge >= 0.3 is 0 Å². The van der Waals surface area contributed by atoms with Gasteiger partial charge in [-0.1, -0.05) is 32.1 Å². The van der Waals surface area contributed by atoms with E-state index < -0.39 is 5.41 Å². The van der Waals surface area contributed by atoms with Gasteiger partial charge in [-0.25, -0.2) is 9.97 Å². The summed E-state index contributed by atoms with van der Waals surface area (Å²) >= 11 is 0. The van der Waals surface area contributed by atoms with Crippen molar-refractivity contribution >= 4 is 22.6 Å². The predicted octanol–water partition coefficient (Wildman–Crippen LogP) is 4.79. The molecule has 1 aliphatic carbocycles. The highest BCUT2D eigenvalue weighted by Gasteiger charge is 2.52. The molecule has 6 rings (SSSR count). The maximum atomic E-state index is 14.3. The summed E-state index contributed by atoms with van der Waals surface area (Å²) in [5.41, 5.74) is 3.39. The number of methoxy groups -OCH3 is 1. The normalized spacial score (nSPS) is 19.7. The molecule has 2 aliphatic heterocycles. The molecular formula is C30H36N6O2. The Morgan fingerprint density at radius 3 is 2.68 bits per heavy atom. The zero-order valence-electron chi connectivity index (χ0n) is 22.4. The summed E-state index contributed by atoms with van der Waals surface area (Å²) in [5.74, 6) is 1.87. The summed E-state index contributed by atoms with van der Waals surface area (Å²) in [4.78, 5) is 27.4. The van der Waals surface area contributed by atoms with Crippen LogP contribution >= 0.6 is 0 Å². The topological polar surface area (TPSA) is 87.3 Å². The molecule has 0 N–H and O–H groups in total. The Morgan fingerprint density at radius 2 is 1.95 bits per heavy atom. The number of nitrogens with zero attached hydrogens (tertiary/aromatic N) is 6. The lowest BCUT2D eigenvalue weighted by Gasteiger charge is -2.37. The first kappa shape index (κ1) is 24.9. The zero-order chi connectivity index (χ0) is 26.3. The molecule has 0 unspecified atom stereocenters. The van der Waals surface area contributed by atoms with Crippen molar-refractivity contribution in [3.63, 3.8) is 0 Å². The van der Waals surface area contributed by atoms with E-state index in [0.717, 1.165) is 78.5 Å². The third-order valence-electron chi connectivity index (χ3n) is 9.13. The molecule has 2 aromatic heterocycles. The van der Waals surface area contributed by atoms with Gasteiger partial charge in [0, 0.05) is 29.5 Å². The van der Waals surface area contributed by atoms with Gasteiger partial charge < -0.3 is 19.1 Å². The molecule has 1 saturated carbocycles. The van der Waals surface area contributed by atoms with Gasteiger partial charge in [-0.05, 0) is 75.1 Å². The minimum atomic E-state index is -0.511. The number of hydrogen-bond donors (Lipinski definition) is 0. The lowest BCUT2D eigenvalue weighted by Crippen LogP contribution is -2.47. The summed E-state index contributed by atoms with van der Waals surface area (Å²) in [5, 5.41) is 10.4. The molecular weight excluding hydrogens is 476 g/mol. The molecule has 2 fully saturated rings. The average Bonchev–Trinajstić information content (AvgIpc) is 3.41. The number of piperidine rings is 1. The van der Waals surface area contributed by atoms with Crippen LogP contribution in [-0.4, -0.2) is 52.6 Å². The third-order valence-corrected chi connectivity index (χ3v) is 9.13. The smallest absolute Gasteiger partial charge is 0.238 e. The molecule has 0 bridgehead atoms. The van der Waals surface area contributed by atoms with E-state index >= 15 is 0 Å². The number of anilines is 1. The number of nitriles is 1. The van der Waals surface area contributed by atoms with Crippen molar-refractivity contribution in [3.05, 3.63) is 47.5 Å². The van der Waals surface area contributed by atoms with Crippen LogP contribution in [0.2, 0.25) is 0 Å². The lowest BCUT2D eigenvalue weighted by atomic mass is 9.73. The lowest BCUT2D eigenvalue weighted by molar-refractivity contribution is -0.124. The maximum absolute atomic E-state index is 14.3. The molecule has 0 radical (unpaired) electrons. The van der Waals surface area contributed by atoms with E-state index in [1.807, 2.05) is 17.0 Å². The fraction of sp³-hybridized carbons (Fsp3) is 0.533. The van der Waals surface area contributed by atoms with Crippen molar-refractivity contribution in [3.8, 4) is 11.8 Å². The Hall–Kier alpha value is -3.44. The van der Waals surface area contributed by atoms with E-state index in [-0.39, 0.29) is 11.7 Å². The van der Waals surface area contributed by atoms with Crippen molar-refractivity contribution in [2.24, 2.45) is 5.92 Å². The van der Waals surface area contributed by atoms with Gasteiger partial charge in [0.05, 0.1) is 19.1 Å². The van der Waals surface area contributed by atoms with Crippen LogP contribution in [0, 0.1) is 17.2 Å². The predicted molar refractivity (Wildman–Crippen MR) is 146 cm³/mol. The molecule has 8 nitrogen and oxygen atoms in total. The van der Waals surface area contributed by atoms with Gasteiger partial charge in [0.2, 0.25) is 11.7 Å². The Morgan fingerprint density at radius 1 is 1.16 bits per heavy atom. The molecule has 1 amide bonds. The fourth-order valence-electron chi connectivity index (χ4n) is 6.86. The molecule has 1 saturated heterocycles. The average molecular weight is 513 g/mol. The van der Waals surface area contributed by atoms with Gasteiger partial charge in [0.15, 0.2) is 0 Å². The first-order valence-corrected chi connectivity index (χ1v) is 14.0. The van der Waals surface area contributed by atoms with Gasteiger partial charge in [-0.2, -0.15) is 5.26 Å². The summed E-state index contributed by atoms with van der Waals surface area (Å²) in [7, 11) is 3.80. The van der Waals surface area contributed by atoms with Crippen LogP contribution in [-0.2, 0) is 23.3 Å². The Kier molecular flexibility index (Phi) is 6.56. The number of rotatable bonds is 6. The second-order valence-corrected chi connectivity index (χ2v) is 11.3. The van der Waals surface area contributed by atoms with E-state index in [2.05, 4.69) is 44.7 Å². The Labute approximate surface area is 224 Å². The number of carbonyl (C=O) groups excluding carboxylic acids is 1. The molecule has 1 aromatic carbocycles.